The van der Waals surface area contributed by atoms with E-state index in [0.29, 0.717) is 77.9 Å². The molecule has 2 saturated carbocycles. The van der Waals surface area contributed by atoms with Crippen LogP contribution in [0, 0.1) is 0 Å². The molecule has 4 amide bonds. The molecule has 0 N–H and O–H groups in total. The number of fused-ring (bicyclic) bond motifs is 2. The van der Waals surface area contributed by atoms with Crippen molar-refractivity contribution in [3.63, 3.8) is 0 Å². The van der Waals surface area contributed by atoms with Crippen LogP contribution in [0.15, 0.2) is 60.7 Å². The second-order valence-corrected chi connectivity index (χ2v) is 16.6. The topological polar surface area (TPSA) is 154 Å². The Balaban J connectivity index is 0.000000165. The number of benzene rings is 2. The first-order valence-corrected chi connectivity index (χ1v) is 21.3. The number of hydrogen-bond acceptors (Lipinski definition) is 11. The van der Waals surface area contributed by atoms with E-state index in [-0.39, 0.29) is 92.6 Å². The molecule has 2 aromatic carbocycles. The first kappa shape index (κ1) is 41.2. The number of hydrogen-bond donors (Lipinski definition) is 0. The molecule has 7 fully saturated rings. The molecule has 5 saturated heterocycles. The Morgan fingerprint density at radius 2 is 1.10 bits per heavy atom. The molecule has 4 atom stereocenters. The monoisotopic (exact) mass is 816 g/mol. The molecule has 0 radical (unpaired) electrons. The summed E-state index contributed by atoms with van der Waals surface area (Å²) in [5, 5.41) is 0. The molecule has 0 bridgehead atoms. The van der Waals surface area contributed by atoms with Gasteiger partial charge in [-0.25, -0.2) is 9.59 Å². The standard InChI is InChI=1S/C23H30N2O6.C21H26N2O5/c26-21-16-28-20-6-9-23(30-12-13-31-23)14-19(20)25(21)18-7-10-24(11-8-18)22(27)29-15-17-4-2-1-3-5-17;24-17-6-7-19-18(12-17)23(20(25)14-27-19)16-8-10-22(11-9-16)21(26)28-13-15-4-2-1-3-5-15/h1-5,18-20H,6-16H2;1-5,16,18-19H,6-14H2/t19-,20-;18-,19-/m11/s1. The second-order valence-electron chi connectivity index (χ2n) is 16.6. The van der Waals surface area contributed by atoms with Gasteiger partial charge in [-0.1, -0.05) is 60.7 Å². The number of amides is 4. The van der Waals surface area contributed by atoms with E-state index in [0.717, 1.165) is 36.8 Å². The number of Topliss-reactive ketones (excluding diaryl/α,β-unsaturated/α-hetero) is 1. The largest absolute Gasteiger partial charge is 0.445 e. The van der Waals surface area contributed by atoms with Crippen LogP contribution < -0.4 is 0 Å². The fourth-order valence-corrected chi connectivity index (χ4v) is 9.87. The highest BCUT2D eigenvalue weighted by atomic mass is 16.7. The van der Waals surface area contributed by atoms with Crippen LogP contribution in [0.25, 0.3) is 0 Å². The van der Waals surface area contributed by atoms with Crippen LogP contribution in [0.5, 0.6) is 0 Å². The highest BCUT2D eigenvalue weighted by Gasteiger charge is 2.52. The van der Waals surface area contributed by atoms with Crippen molar-refractivity contribution >= 4 is 29.8 Å². The molecule has 2 aliphatic carbocycles. The number of ether oxygens (including phenoxy) is 6. The zero-order chi connectivity index (χ0) is 40.8. The predicted octanol–water partition coefficient (Wildman–Crippen LogP) is 4.45. The van der Waals surface area contributed by atoms with Gasteiger partial charge in [-0.2, -0.15) is 0 Å². The number of morpholine rings is 2. The molecule has 0 unspecified atom stereocenters. The van der Waals surface area contributed by atoms with Crippen LogP contribution in [0.1, 0.15) is 75.3 Å². The van der Waals surface area contributed by atoms with Gasteiger partial charge >= 0.3 is 12.2 Å². The molecule has 5 heterocycles. The van der Waals surface area contributed by atoms with Crippen molar-refractivity contribution in [3.8, 4) is 0 Å². The summed E-state index contributed by atoms with van der Waals surface area (Å²) < 4.78 is 34.3. The van der Waals surface area contributed by atoms with Crippen molar-refractivity contribution in [1.29, 1.82) is 0 Å². The van der Waals surface area contributed by atoms with E-state index in [1.165, 1.54) is 0 Å². The summed E-state index contributed by atoms with van der Waals surface area (Å²) >= 11 is 0. The quantitative estimate of drug-likeness (QED) is 0.407. The second kappa shape index (κ2) is 18.8. The highest BCUT2D eigenvalue weighted by Crippen LogP contribution is 2.42. The minimum absolute atomic E-state index is 0.0291. The van der Waals surface area contributed by atoms with Crippen LogP contribution in [0.4, 0.5) is 9.59 Å². The van der Waals surface area contributed by atoms with Gasteiger partial charge in [0.2, 0.25) is 11.8 Å². The van der Waals surface area contributed by atoms with Crippen molar-refractivity contribution < 1.29 is 52.4 Å². The molecule has 15 nitrogen and oxygen atoms in total. The number of piperidine rings is 2. The highest BCUT2D eigenvalue weighted by molar-refractivity contribution is 5.84. The Bertz CT molecular complexity index is 1770. The van der Waals surface area contributed by atoms with Crippen molar-refractivity contribution in [1.82, 2.24) is 19.6 Å². The summed E-state index contributed by atoms with van der Waals surface area (Å²) in [6, 6.07) is 19.2. The van der Waals surface area contributed by atoms with Gasteiger partial charge in [-0.15, -0.1) is 0 Å². The lowest BCUT2D eigenvalue weighted by molar-refractivity contribution is -0.225. The van der Waals surface area contributed by atoms with Crippen LogP contribution in [0.3, 0.4) is 0 Å². The molecule has 318 valence electrons. The Hall–Kier alpha value is -4.57. The summed E-state index contributed by atoms with van der Waals surface area (Å²) in [5.74, 6) is -0.378. The zero-order valence-corrected chi connectivity index (χ0v) is 33.7. The number of carbonyl (C=O) groups is 5. The molecule has 1 spiro atoms. The average Bonchev–Trinajstić information content (AvgIpc) is 3.73. The molecule has 0 aromatic heterocycles. The number of likely N-dealkylation sites (tertiary alicyclic amines) is 2. The van der Waals surface area contributed by atoms with E-state index < -0.39 is 5.79 Å². The Morgan fingerprint density at radius 1 is 0.627 bits per heavy atom. The first-order chi connectivity index (χ1) is 28.7. The molecular weight excluding hydrogens is 761 g/mol. The average molecular weight is 817 g/mol. The van der Waals surface area contributed by atoms with Crippen molar-refractivity contribution in [2.24, 2.45) is 0 Å². The summed E-state index contributed by atoms with van der Waals surface area (Å²) in [7, 11) is 0. The van der Waals surface area contributed by atoms with Gasteiger partial charge < -0.3 is 48.0 Å². The maximum absolute atomic E-state index is 12.8. The Kier molecular flexibility index (Phi) is 13.1. The molecule has 2 aromatic rings. The van der Waals surface area contributed by atoms with E-state index in [1.807, 2.05) is 70.5 Å². The lowest BCUT2D eigenvalue weighted by Gasteiger charge is -2.51. The maximum atomic E-state index is 12.8. The number of nitrogens with zero attached hydrogens (tertiary/aromatic N) is 4. The number of rotatable bonds is 6. The molecular formula is C44H56N4O11. The van der Waals surface area contributed by atoms with Gasteiger partial charge in [0.1, 0.15) is 32.2 Å². The first-order valence-electron chi connectivity index (χ1n) is 21.3. The van der Waals surface area contributed by atoms with Gasteiger partial charge in [0.15, 0.2) is 5.79 Å². The fourth-order valence-electron chi connectivity index (χ4n) is 9.87. The summed E-state index contributed by atoms with van der Waals surface area (Å²) in [6.07, 6.45) is 6.17. The van der Waals surface area contributed by atoms with Gasteiger partial charge in [0.25, 0.3) is 0 Å². The van der Waals surface area contributed by atoms with Crippen molar-refractivity contribution in [3.05, 3.63) is 71.8 Å². The van der Waals surface area contributed by atoms with Crippen molar-refractivity contribution in [2.75, 3.05) is 52.6 Å². The SMILES string of the molecule is O=C(OCc1ccccc1)N1CCC(N2C(=O)CO[C@@H]3CCC4(C[C@H]32)OCCO4)CC1.O=C1CC[C@H]2OCC(=O)N(C3CCN(C(=O)OCc4ccccc4)CC3)[C@@H]2C1. The van der Waals surface area contributed by atoms with Gasteiger partial charge in [0.05, 0.1) is 37.5 Å². The van der Waals surface area contributed by atoms with Crippen molar-refractivity contribution in [2.45, 2.75) is 120 Å². The van der Waals surface area contributed by atoms with Crippen LogP contribution in [0.2, 0.25) is 0 Å². The minimum atomic E-state index is -0.567. The van der Waals surface area contributed by atoms with E-state index in [4.69, 9.17) is 28.4 Å². The predicted molar refractivity (Wildman–Crippen MR) is 211 cm³/mol. The maximum Gasteiger partial charge on any atom is 0.410 e. The van der Waals surface area contributed by atoms with Gasteiger partial charge in [-0.3, -0.25) is 14.4 Å². The third-order valence-corrected chi connectivity index (χ3v) is 12.9. The zero-order valence-electron chi connectivity index (χ0n) is 33.7. The molecule has 59 heavy (non-hydrogen) atoms. The van der Waals surface area contributed by atoms with Crippen LogP contribution in [-0.2, 0) is 56.0 Å². The normalized spacial score (nSPS) is 27.4. The summed E-state index contributed by atoms with van der Waals surface area (Å²) in [5.41, 5.74) is 1.93. The number of carbonyl (C=O) groups excluding carboxylic acids is 5. The van der Waals surface area contributed by atoms with Gasteiger partial charge in [0, 0.05) is 63.9 Å². The van der Waals surface area contributed by atoms with E-state index >= 15 is 0 Å². The lowest BCUT2D eigenvalue weighted by atomic mass is 9.83. The van der Waals surface area contributed by atoms with Gasteiger partial charge in [-0.05, 0) is 49.7 Å². The molecule has 7 aliphatic rings. The van der Waals surface area contributed by atoms with E-state index in [9.17, 15) is 24.0 Å². The van der Waals surface area contributed by atoms with E-state index in [1.54, 1.807) is 9.80 Å². The van der Waals surface area contributed by atoms with Crippen LogP contribution >= 0.6 is 0 Å². The van der Waals surface area contributed by atoms with Crippen LogP contribution in [-0.4, -0.2) is 144 Å². The smallest absolute Gasteiger partial charge is 0.410 e. The fraction of sp³-hybridized carbons (Fsp3) is 0.614. The molecule has 15 heteroatoms. The molecule has 9 rings (SSSR count). The minimum Gasteiger partial charge on any atom is -0.445 e. The lowest BCUT2D eigenvalue weighted by Crippen LogP contribution is -2.64. The Morgan fingerprint density at radius 3 is 1.61 bits per heavy atom. The third kappa shape index (κ3) is 9.74. The summed E-state index contributed by atoms with van der Waals surface area (Å²) in [6.45, 7) is 4.23. The Labute approximate surface area is 345 Å². The third-order valence-electron chi connectivity index (χ3n) is 12.9. The van der Waals surface area contributed by atoms with E-state index in [2.05, 4.69) is 0 Å². The summed E-state index contributed by atoms with van der Waals surface area (Å²) in [4.78, 5) is 69.5. The number of ketones is 1. The molecule has 5 aliphatic heterocycles.